The summed E-state index contributed by atoms with van der Waals surface area (Å²) in [6, 6.07) is 22.5. The van der Waals surface area contributed by atoms with Crippen molar-refractivity contribution in [1.29, 1.82) is 5.26 Å². The molecule has 0 amide bonds. The van der Waals surface area contributed by atoms with Crippen LogP contribution >= 0.6 is 0 Å². The summed E-state index contributed by atoms with van der Waals surface area (Å²) in [5, 5.41) is 21.5. The molecule has 0 radical (unpaired) electrons. The lowest BCUT2D eigenvalue weighted by atomic mass is 9.72. The molecule has 4 aromatic rings. The van der Waals surface area contributed by atoms with Crippen LogP contribution in [0.25, 0.3) is 21.7 Å². The molecule has 1 aliphatic rings. The summed E-state index contributed by atoms with van der Waals surface area (Å²) in [6.45, 7) is 5.29. The fraction of sp³-hybridized carbons (Fsp3) is 0.419. The van der Waals surface area contributed by atoms with Crippen LogP contribution in [0.5, 0.6) is 0 Å². The highest BCUT2D eigenvalue weighted by atomic mass is 19.1. The number of likely N-dealkylation sites (tertiary alicyclic amines) is 1. The minimum atomic E-state index is -0.445. The van der Waals surface area contributed by atoms with Gasteiger partial charge in [0.2, 0.25) is 0 Å². The van der Waals surface area contributed by atoms with E-state index in [-0.39, 0.29) is 5.82 Å². The molecule has 186 valence electrons. The lowest BCUT2D eigenvalue weighted by Gasteiger charge is -2.33. The molecule has 1 atom stereocenters. The Kier molecular flexibility index (Phi) is 7.34. The standard InChI is InChI=1S/C31H35FN4/c1-2-3-16-31(22-33,28-11-6-9-23-8-4-5-10-26(23)28)17-7-18-36-19-14-24(15-20-36)30-27-13-12-25(32)21-29(27)34-35-30/h4-6,8-13,21,24H,2-3,7,14-20H2,1H3,(H,34,35). The Bertz CT molecular complexity index is 1360. The third-order valence-electron chi connectivity index (χ3n) is 8.10. The lowest BCUT2D eigenvalue weighted by Crippen LogP contribution is -2.35. The number of nitriles is 1. The first kappa shape index (κ1) is 24.5. The maximum Gasteiger partial charge on any atom is 0.125 e. The fourth-order valence-corrected chi connectivity index (χ4v) is 6.05. The van der Waals surface area contributed by atoms with Gasteiger partial charge in [0.05, 0.1) is 17.0 Å². The number of hydrogen-bond acceptors (Lipinski definition) is 3. The minimum absolute atomic E-state index is 0.244. The molecule has 0 spiro atoms. The topological polar surface area (TPSA) is 55.7 Å². The molecule has 36 heavy (non-hydrogen) atoms. The molecule has 1 saturated heterocycles. The van der Waals surface area contributed by atoms with Crippen molar-refractivity contribution in [1.82, 2.24) is 15.1 Å². The van der Waals surface area contributed by atoms with Gasteiger partial charge in [-0.15, -0.1) is 0 Å². The van der Waals surface area contributed by atoms with Crippen LogP contribution in [-0.4, -0.2) is 34.7 Å². The maximum atomic E-state index is 13.5. The largest absolute Gasteiger partial charge is 0.303 e. The molecule has 3 aromatic carbocycles. The van der Waals surface area contributed by atoms with Crippen molar-refractivity contribution >= 4 is 21.7 Å². The summed E-state index contributed by atoms with van der Waals surface area (Å²) < 4.78 is 13.5. The van der Waals surface area contributed by atoms with Crippen molar-refractivity contribution < 1.29 is 4.39 Å². The van der Waals surface area contributed by atoms with Crippen molar-refractivity contribution in [3.63, 3.8) is 0 Å². The van der Waals surface area contributed by atoms with Gasteiger partial charge in [0.1, 0.15) is 5.82 Å². The van der Waals surface area contributed by atoms with Crippen molar-refractivity contribution in [2.24, 2.45) is 0 Å². The Labute approximate surface area is 213 Å². The molecule has 1 aliphatic heterocycles. The van der Waals surface area contributed by atoms with Gasteiger partial charge in [-0.25, -0.2) is 4.39 Å². The molecule has 0 aliphatic carbocycles. The maximum absolute atomic E-state index is 13.5. The number of benzene rings is 3. The first-order valence-corrected chi connectivity index (χ1v) is 13.4. The molecule has 0 saturated carbocycles. The zero-order valence-electron chi connectivity index (χ0n) is 21.1. The Hall–Kier alpha value is -3.23. The molecule has 1 unspecified atom stereocenters. The number of H-pyrrole nitrogens is 1. The summed E-state index contributed by atoms with van der Waals surface area (Å²) in [6.07, 6.45) is 7.09. The predicted molar refractivity (Wildman–Crippen MR) is 144 cm³/mol. The van der Waals surface area contributed by atoms with Gasteiger partial charge in [-0.05, 0) is 80.2 Å². The van der Waals surface area contributed by atoms with Crippen LogP contribution in [0, 0.1) is 17.1 Å². The van der Waals surface area contributed by atoms with E-state index in [0.29, 0.717) is 11.4 Å². The van der Waals surface area contributed by atoms with E-state index < -0.39 is 5.41 Å². The molecule has 5 rings (SSSR count). The second kappa shape index (κ2) is 10.8. The van der Waals surface area contributed by atoms with E-state index in [4.69, 9.17) is 0 Å². The third-order valence-corrected chi connectivity index (χ3v) is 8.10. The fourth-order valence-electron chi connectivity index (χ4n) is 6.05. The number of rotatable bonds is 9. The van der Waals surface area contributed by atoms with Crippen LogP contribution in [0.1, 0.15) is 69.0 Å². The van der Waals surface area contributed by atoms with Gasteiger partial charge < -0.3 is 4.90 Å². The van der Waals surface area contributed by atoms with E-state index in [2.05, 4.69) is 70.6 Å². The Morgan fingerprint density at radius 1 is 1.03 bits per heavy atom. The molecular formula is C31H35FN4. The predicted octanol–water partition coefficient (Wildman–Crippen LogP) is 7.47. The van der Waals surface area contributed by atoms with Gasteiger partial charge in [0.25, 0.3) is 0 Å². The van der Waals surface area contributed by atoms with Crippen molar-refractivity contribution in [3.05, 3.63) is 77.7 Å². The van der Waals surface area contributed by atoms with Gasteiger partial charge in [0.15, 0.2) is 0 Å². The molecule has 1 fully saturated rings. The number of piperidine rings is 1. The van der Waals surface area contributed by atoms with E-state index in [0.717, 1.165) is 75.7 Å². The van der Waals surface area contributed by atoms with Crippen LogP contribution < -0.4 is 0 Å². The van der Waals surface area contributed by atoms with Gasteiger partial charge in [-0.2, -0.15) is 10.4 Å². The van der Waals surface area contributed by atoms with E-state index >= 15 is 0 Å². The van der Waals surface area contributed by atoms with Gasteiger partial charge in [0, 0.05) is 23.1 Å². The van der Waals surface area contributed by atoms with Crippen molar-refractivity contribution in [2.75, 3.05) is 19.6 Å². The molecule has 5 heteroatoms. The van der Waals surface area contributed by atoms with Crippen LogP contribution in [0.15, 0.2) is 60.7 Å². The molecular weight excluding hydrogens is 447 g/mol. The Morgan fingerprint density at radius 2 is 1.81 bits per heavy atom. The lowest BCUT2D eigenvalue weighted by molar-refractivity contribution is 0.203. The molecule has 4 nitrogen and oxygen atoms in total. The smallest absolute Gasteiger partial charge is 0.125 e. The highest BCUT2D eigenvalue weighted by Crippen LogP contribution is 2.39. The number of unbranched alkanes of at least 4 members (excludes halogenated alkanes) is 1. The first-order valence-electron chi connectivity index (χ1n) is 13.4. The average Bonchev–Trinajstić information content (AvgIpc) is 3.34. The second-order valence-corrected chi connectivity index (χ2v) is 10.3. The first-order chi connectivity index (χ1) is 17.6. The molecule has 1 aromatic heterocycles. The van der Waals surface area contributed by atoms with Gasteiger partial charge in [-0.3, -0.25) is 5.10 Å². The quantitative estimate of drug-likeness (QED) is 0.269. The number of aromatic amines is 1. The number of fused-ring (bicyclic) bond motifs is 2. The Balaban J connectivity index is 1.24. The number of nitrogens with zero attached hydrogens (tertiary/aromatic N) is 3. The van der Waals surface area contributed by atoms with Crippen LogP contribution in [-0.2, 0) is 5.41 Å². The van der Waals surface area contributed by atoms with Gasteiger partial charge >= 0.3 is 0 Å². The summed E-state index contributed by atoms with van der Waals surface area (Å²) in [5.74, 6) is 0.182. The van der Waals surface area contributed by atoms with Crippen LogP contribution in [0.2, 0.25) is 0 Å². The summed E-state index contributed by atoms with van der Waals surface area (Å²) in [4.78, 5) is 2.54. The number of halogens is 1. The zero-order valence-corrected chi connectivity index (χ0v) is 21.1. The second-order valence-electron chi connectivity index (χ2n) is 10.3. The molecule has 2 heterocycles. The average molecular weight is 483 g/mol. The molecule has 1 N–H and O–H groups in total. The van der Waals surface area contributed by atoms with E-state index in [9.17, 15) is 9.65 Å². The van der Waals surface area contributed by atoms with E-state index in [1.165, 1.54) is 28.5 Å². The third kappa shape index (κ3) is 4.88. The highest BCUT2D eigenvalue weighted by Gasteiger charge is 2.33. The minimum Gasteiger partial charge on any atom is -0.303 e. The summed E-state index contributed by atoms with van der Waals surface area (Å²) >= 11 is 0. The highest BCUT2D eigenvalue weighted by molar-refractivity contribution is 5.87. The monoisotopic (exact) mass is 482 g/mol. The summed E-state index contributed by atoms with van der Waals surface area (Å²) in [5.41, 5.74) is 2.60. The van der Waals surface area contributed by atoms with E-state index in [1.807, 2.05) is 6.07 Å². The Morgan fingerprint density at radius 3 is 2.61 bits per heavy atom. The van der Waals surface area contributed by atoms with Crippen molar-refractivity contribution in [3.8, 4) is 6.07 Å². The van der Waals surface area contributed by atoms with Crippen molar-refractivity contribution in [2.45, 2.75) is 63.2 Å². The zero-order chi connectivity index (χ0) is 25.0. The van der Waals surface area contributed by atoms with Crippen LogP contribution in [0.4, 0.5) is 4.39 Å². The van der Waals surface area contributed by atoms with E-state index in [1.54, 1.807) is 0 Å². The number of aromatic nitrogens is 2. The number of hydrogen-bond donors (Lipinski definition) is 1. The summed E-state index contributed by atoms with van der Waals surface area (Å²) in [7, 11) is 0. The normalized spacial score (nSPS) is 16.8. The van der Waals surface area contributed by atoms with Gasteiger partial charge in [-0.1, -0.05) is 62.2 Å². The molecule has 0 bridgehead atoms. The van der Waals surface area contributed by atoms with Crippen LogP contribution in [0.3, 0.4) is 0 Å². The SMILES string of the molecule is CCCCC(C#N)(CCCN1CCC(c2[nH]nc3cc(F)ccc23)CC1)c1cccc2ccccc12. The number of nitrogens with one attached hydrogen (secondary N) is 1.